The molecule has 1 heterocycles. The summed E-state index contributed by atoms with van der Waals surface area (Å²) in [7, 11) is 0. The Bertz CT molecular complexity index is 592. The molecular weight excluding hydrogens is 308 g/mol. The van der Waals surface area contributed by atoms with Gasteiger partial charge in [0.2, 0.25) is 5.16 Å². The predicted octanol–water partition coefficient (Wildman–Crippen LogP) is 3.11. The van der Waals surface area contributed by atoms with E-state index in [2.05, 4.69) is 31.0 Å². The van der Waals surface area contributed by atoms with Crippen LogP contribution in [0.3, 0.4) is 0 Å². The molecule has 0 bridgehead atoms. The second-order valence-corrected chi connectivity index (χ2v) is 7.08. The lowest BCUT2D eigenvalue weighted by molar-refractivity contribution is 0.344. The summed E-state index contributed by atoms with van der Waals surface area (Å²) in [5.41, 5.74) is -0.125. The van der Waals surface area contributed by atoms with Crippen LogP contribution in [0, 0.1) is 0 Å². The summed E-state index contributed by atoms with van der Waals surface area (Å²) in [5.74, 6) is 8.32. The molecule has 0 atom stereocenters. The summed E-state index contributed by atoms with van der Waals surface area (Å²) in [5, 5.41) is 9.65. The molecule has 0 unspecified atom stereocenters. The molecule has 0 spiro atoms. The van der Waals surface area contributed by atoms with E-state index >= 15 is 0 Å². The van der Waals surface area contributed by atoms with Crippen LogP contribution in [0.25, 0.3) is 0 Å². The van der Waals surface area contributed by atoms with Crippen molar-refractivity contribution in [3.63, 3.8) is 0 Å². The van der Waals surface area contributed by atoms with Crippen molar-refractivity contribution < 1.29 is 4.74 Å². The molecule has 114 valence electrons. The van der Waals surface area contributed by atoms with Gasteiger partial charge >= 0.3 is 0 Å². The molecule has 0 aliphatic carbocycles. The van der Waals surface area contributed by atoms with Gasteiger partial charge in [-0.15, -0.1) is 10.2 Å². The highest BCUT2D eigenvalue weighted by atomic mass is 35.5. The van der Waals surface area contributed by atoms with Crippen molar-refractivity contribution in [2.24, 2.45) is 0 Å². The van der Waals surface area contributed by atoms with Gasteiger partial charge in [-0.3, -0.25) is 0 Å². The fourth-order valence-electron chi connectivity index (χ4n) is 1.71. The second kappa shape index (κ2) is 6.58. The molecule has 0 saturated carbocycles. The van der Waals surface area contributed by atoms with E-state index < -0.39 is 0 Å². The van der Waals surface area contributed by atoms with Gasteiger partial charge in [0, 0.05) is 16.2 Å². The van der Waals surface area contributed by atoms with E-state index in [0.717, 1.165) is 17.3 Å². The van der Waals surface area contributed by atoms with Crippen molar-refractivity contribution in [2.75, 3.05) is 18.2 Å². The van der Waals surface area contributed by atoms with E-state index in [0.29, 0.717) is 16.8 Å². The van der Waals surface area contributed by atoms with Gasteiger partial charge in [-0.1, -0.05) is 44.1 Å². The average Bonchev–Trinajstić information content (AvgIpc) is 2.78. The van der Waals surface area contributed by atoms with Gasteiger partial charge in [0.05, 0.1) is 6.61 Å². The number of hydrogen-bond acceptors (Lipinski definition) is 5. The molecular formula is C14H19ClN4OS. The Balaban J connectivity index is 1.84. The highest BCUT2D eigenvalue weighted by molar-refractivity contribution is 7.99. The van der Waals surface area contributed by atoms with Crippen molar-refractivity contribution in [2.45, 2.75) is 31.3 Å². The van der Waals surface area contributed by atoms with Gasteiger partial charge in [-0.05, 0) is 24.3 Å². The first-order valence-corrected chi connectivity index (χ1v) is 7.96. The maximum absolute atomic E-state index is 6.01. The van der Waals surface area contributed by atoms with Crippen LogP contribution >= 0.6 is 23.4 Å². The number of ether oxygens (including phenoxy) is 1. The molecule has 1 aromatic heterocycles. The van der Waals surface area contributed by atoms with Gasteiger partial charge in [0.1, 0.15) is 5.75 Å². The first-order chi connectivity index (χ1) is 9.88. The molecule has 0 aliphatic rings. The van der Waals surface area contributed by atoms with Crippen LogP contribution in [0.4, 0.5) is 0 Å². The Hall–Kier alpha value is -1.40. The van der Waals surface area contributed by atoms with E-state index in [4.69, 9.17) is 22.2 Å². The topological polar surface area (TPSA) is 66.0 Å². The fourth-order valence-corrected chi connectivity index (χ4v) is 2.51. The zero-order valence-corrected chi connectivity index (χ0v) is 13.9. The van der Waals surface area contributed by atoms with Gasteiger partial charge < -0.3 is 10.6 Å². The first kappa shape index (κ1) is 16.0. The van der Waals surface area contributed by atoms with Crippen LogP contribution in [0.5, 0.6) is 5.75 Å². The maximum atomic E-state index is 6.01. The minimum Gasteiger partial charge on any atom is -0.493 e. The van der Waals surface area contributed by atoms with E-state index in [1.54, 1.807) is 16.8 Å². The van der Waals surface area contributed by atoms with Crippen molar-refractivity contribution >= 4 is 23.4 Å². The monoisotopic (exact) mass is 326 g/mol. The molecule has 0 saturated heterocycles. The molecule has 21 heavy (non-hydrogen) atoms. The third kappa shape index (κ3) is 4.28. The lowest BCUT2D eigenvalue weighted by Crippen LogP contribution is -2.24. The summed E-state index contributed by atoms with van der Waals surface area (Å²) in [6.07, 6.45) is 0. The lowest BCUT2D eigenvalue weighted by Gasteiger charge is -2.16. The van der Waals surface area contributed by atoms with E-state index in [1.807, 2.05) is 12.1 Å². The molecule has 0 aliphatic heterocycles. The SMILES string of the molecule is CC(C)(C)c1nnc(SCCOc2ccc(Cl)cc2)n1N. The maximum Gasteiger partial charge on any atom is 0.209 e. The number of halogens is 1. The van der Waals surface area contributed by atoms with Crippen LogP contribution in [0.15, 0.2) is 29.4 Å². The molecule has 2 N–H and O–H groups in total. The van der Waals surface area contributed by atoms with E-state index in [9.17, 15) is 0 Å². The molecule has 7 heteroatoms. The number of rotatable bonds is 5. The van der Waals surface area contributed by atoms with Crippen molar-refractivity contribution in [1.29, 1.82) is 0 Å². The molecule has 1 aromatic carbocycles. The van der Waals surface area contributed by atoms with Gasteiger partial charge in [0.15, 0.2) is 5.82 Å². The predicted molar refractivity (Wildman–Crippen MR) is 86.5 cm³/mol. The van der Waals surface area contributed by atoms with Crippen molar-refractivity contribution in [3.05, 3.63) is 35.1 Å². The largest absolute Gasteiger partial charge is 0.493 e. The molecule has 2 aromatic rings. The zero-order chi connectivity index (χ0) is 15.5. The Morgan fingerprint density at radius 3 is 2.48 bits per heavy atom. The highest BCUT2D eigenvalue weighted by Gasteiger charge is 2.22. The lowest BCUT2D eigenvalue weighted by atomic mass is 9.96. The Morgan fingerprint density at radius 1 is 1.24 bits per heavy atom. The van der Waals surface area contributed by atoms with Gasteiger partial charge in [-0.25, -0.2) is 4.68 Å². The first-order valence-electron chi connectivity index (χ1n) is 6.60. The highest BCUT2D eigenvalue weighted by Crippen LogP contribution is 2.23. The number of aromatic nitrogens is 3. The molecule has 0 amide bonds. The summed E-state index contributed by atoms with van der Waals surface area (Å²) >= 11 is 7.34. The number of nitrogens with zero attached hydrogens (tertiary/aromatic N) is 3. The van der Waals surface area contributed by atoms with Crippen LogP contribution in [-0.4, -0.2) is 27.2 Å². The third-order valence-corrected chi connectivity index (χ3v) is 3.89. The molecule has 0 fully saturated rings. The zero-order valence-electron chi connectivity index (χ0n) is 12.3. The Kier molecular flexibility index (Phi) is 5.00. The van der Waals surface area contributed by atoms with E-state index in [1.165, 1.54) is 11.8 Å². The minimum absolute atomic E-state index is 0.125. The summed E-state index contributed by atoms with van der Waals surface area (Å²) in [6.45, 7) is 6.72. The number of nitrogens with two attached hydrogens (primary N) is 1. The smallest absolute Gasteiger partial charge is 0.209 e. The van der Waals surface area contributed by atoms with Crippen molar-refractivity contribution in [1.82, 2.24) is 14.9 Å². The minimum atomic E-state index is -0.125. The third-order valence-electron chi connectivity index (χ3n) is 2.73. The Labute approximate surface area is 133 Å². The standard InChI is InChI=1S/C14H19ClN4OS/c1-14(2,3)12-17-18-13(19(12)16)21-9-8-20-11-6-4-10(15)5-7-11/h4-7H,8-9,16H2,1-3H3. The summed E-state index contributed by atoms with van der Waals surface area (Å²) in [6, 6.07) is 7.29. The van der Waals surface area contributed by atoms with Gasteiger partial charge in [-0.2, -0.15) is 0 Å². The van der Waals surface area contributed by atoms with E-state index in [-0.39, 0.29) is 5.41 Å². The van der Waals surface area contributed by atoms with Gasteiger partial charge in [0.25, 0.3) is 0 Å². The quantitative estimate of drug-likeness (QED) is 0.519. The molecule has 2 rings (SSSR count). The average molecular weight is 327 g/mol. The van der Waals surface area contributed by atoms with Crippen molar-refractivity contribution in [3.8, 4) is 5.75 Å². The van der Waals surface area contributed by atoms with Crippen LogP contribution in [0.1, 0.15) is 26.6 Å². The number of benzene rings is 1. The fraction of sp³-hybridized carbons (Fsp3) is 0.429. The molecule has 0 radical (unpaired) electrons. The number of hydrogen-bond donors (Lipinski definition) is 1. The second-order valence-electron chi connectivity index (χ2n) is 5.58. The summed E-state index contributed by atoms with van der Waals surface area (Å²) < 4.78 is 7.17. The van der Waals surface area contributed by atoms with Crippen LogP contribution in [0.2, 0.25) is 5.02 Å². The summed E-state index contributed by atoms with van der Waals surface area (Å²) in [4.78, 5) is 0. The van der Waals surface area contributed by atoms with Crippen LogP contribution in [-0.2, 0) is 5.41 Å². The molecule has 5 nitrogen and oxygen atoms in total. The van der Waals surface area contributed by atoms with Crippen LogP contribution < -0.4 is 10.6 Å². The normalized spacial score (nSPS) is 11.6. The number of thioether (sulfide) groups is 1. The Morgan fingerprint density at radius 2 is 1.90 bits per heavy atom. The number of nitrogen functional groups attached to an aromatic ring is 1.